The van der Waals surface area contributed by atoms with Crippen LogP contribution in [0.15, 0.2) is 36.9 Å². The normalized spacial score (nSPS) is 10.5. The molecule has 0 radical (unpaired) electrons. The van der Waals surface area contributed by atoms with Crippen molar-refractivity contribution in [3.05, 3.63) is 53.9 Å². The third kappa shape index (κ3) is 3.80. The minimum absolute atomic E-state index is 0.00633. The predicted molar refractivity (Wildman–Crippen MR) is 99.2 cm³/mol. The van der Waals surface area contributed by atoms with Crippen molar-refractivity contribution in [2.75, 3.05) is 17.3 Å². The van der Waals surface area contributed by atoms with Crippen LogP contribution in [0.25, 0.3) is 0 Å². The minimum Gasteiger partial charge on any atom is -0.364 e. The summed E-state index contributed by atoms with van der Waals surface area (Å²) in [6, 6.07) is 6.45. The lowest BCUT2D eigenvalue weighted by Crippen LogP contribution is -2.24. The number of rotatable bonds is 6. The van der Waals surface area contributed by atoms with Gasteiger partial charge in [-0.15, -0.1) is 0 Å². The molecule has 4 N–H and O–H groups in total. The number of amides is 3. The number of carbonyl (C=O) groups is 3. The van der Waals surface area contributed by atoms with Crippen LogP contribution in [-0.2, 0) is 4.79 Å². The molecule has 2 rings (SSSR count). The van der Waals surface area contributed by atoms with Crippen LogP contribution in [-0.4, -0.2) is 35.0 Å². The molecule has 0 saturated heterocycles. The van der Waals surface area contributed by atoms with Crippen LogP contribution in [0.1, 0.15) is 46.3 Å². The number of anilines is 2. The Kier molecular flexibility index (Phi) is 5.56. The van der Waals surface area contributed by atoms with Crippen LogP contribution in [0.4, 0.5) is 11.4 Å². The van der Waals surface area contributed by atoms with Gasteiger partial charge in [0.1, 0.15) is 0 Å². The number of primary amides is 1. The summed E-state index contributed by atoms with van der Waals surface area (Å²) in [5.41, 5.74) is 7.17. The molecule has 0 aliphatic carbocycles. The van der Waals surface area contributed by atoms with E-state index in [9.17, 15) is 14.4 Å². The number of H-pyrrole nitrogens is 1. The van der Waals surface area contributed by atoms with Crippen molar-refractivity contribution < 1.29 is 14.4 Å². The van der Waals surface area contributed by atoms with E-state index in [2.05, 4.69) is 22.1 Å². The molecule has 0 bridgehead atoms. The van der Waals surface area contributed by atoms with Gasteiger partial charge in [0.25, 0.3) is 11.8 Å². The molecule has 0 spiro atoms. The van der Waals surface area contributed by atoms with E-state index in [1.807, 2.05) is 13.8 Å². The summed E-state index contributed by atoms with van der Waals surface area (Å²) in [7, 11) is 1.61. The average molecular weight is 355 g/mol. The fourth-order valence-corrected chi connectivity index (χ4v) is 2.36. The Bertz CT molecular complexity index is 852. The monoisotopic (exact) mass is 355 g/mol. The van der Waals surface area contributed by atoms with Crippen LogP contribution >= 0.6 is 0 Å². The third-order valence-electron chi connectivity index (χ3n) is 3.87. The molecule has 1 heterocycles. The van der Waals surface area contributed by atoms with Crippen molar-refractivity contribution in [2.45, 2.75) is 19.8 Å². The van der Waals surface area contributed by atoms with Gasteiger partial charge in [0.05, 0.1) is 11.4 Å². The molecular formula is C18H21N5O3. The third-order valence-corrected chi connectivity index (χ3v) is 3.87. The molecule has 0 aliphatic heterocycles. The summed E-state index contributed by atoms with van der Waals surface area (Å²) in [5.74, 6) is -1.40. The second-order valence-corrected chi connectivity index (χ2v) is 5.98. The van der Waals surface area contributed by atoms with Gasteiger partial charge in [0, 0.05) is 18.3 Å². The summed E-state index contributed by atoms with van der Waals surface area (Å²) in [5, 5.41) is 9.31. The molecule has 0 atom stereocenters. The van der Waals surface area contributed by atoms with E-state index in [0.29, 0.717) is 16.9 Å². The van der Waals surface area contributed by atoms with Crippen LogP contribution in [0.2, 0.25) is 0 Å². The molecule has 1 aromatic heterocycles. The van der Waals surface area contributed by atoms with Crippen LogP contribution in [0.5, 0.6) is 0 Å². The molecule has 0 fully saturated rings. The summed E-state index contributed by atoms with van der Waals surface area (Å²) in [6.07, 6.45) is 1.21. The molecule has 26 heavy (non-hydrogen) atoms. The maximum Gasteiger partial charge on any atom is 0.271 e. The van der Waals surface area contributed by atoms with Crippen molar-refractivity contribution in [1.82, 2.24) is 10.2 Å². The highest BCUT2D eigenvalue weighted by Crippen LogP contribution is 2.26. The fourth-order valence-electron chi connectivity index (χ4n) is 2.36. The largest absolute Gasteiger partial charge is 0.364 e. The maximum atomic E-state index is 12.5. The van der Waals surface area contributed by atoms with Crippen molar-refractivity contribution in [1.29, 1.82) is 0 Å². The number of aromatic amines is 1. The van der Waals surface area contributed by atoms with Gasteiger partial charge < -0.3 is 16.0 Å². The maximum absolute atomic E-state index is 12.5. The first-order valence-corrected chi connectivity index (χ1v) is 7.95. The Morgan fingerprint density at radius 2 is 1.88 bits per heavy atom. The van der Waals surface area contributed by atoms with Crippen LogP contribution in [0.3, 0.4) is 0 Å². The highest BCUT2D eigenvalue weighted by molar-refractivity contribution is 6.09. The zero-order chi connectivity index (χ0) is 19.4. The number of nitrogens with zero attached hydrogens (tertiary/aromatic N) is 2. The molecular weight excluding hydrogens is 334 g/mol. The number of nitrogens with one attached hydrogen (secondary N) is 2. The average Bonchev–Trinajstić information content (AvgIpc) is 3.04. The first-order valence-electron chi connectivity index (χ1n) is 7.95. The van der Waals surface area contributed by atoms with Crippen molar-refractivity contribution in [3.63, 3.8) is 0 Å². The van der Waals surface area contributed by atoms with Gasteiger partial charge in [-0.05, 0) is 36.3 Å². The molecule has 8 nitrogen and oxygen atoms in total. The van der Waals surface area contributed by atoms with Crippen LogP contribution in [0, 0.1) is 0 Å². The fraction of sp³-hybridized carbons (Fsp3) is 0.222. The second-order valence-electron chi connectivity index (χ2n) is 5.98. The lowest BCUT2D eigenvalue weighted by Gasteiger charge is -2.15. The van der Waals surface area contributed by atoms with E-state index in [1.165, 1.54) is 11.0 Å². The van der Waals surface area contributed by atoms with Gasteiger partial charge in [-0.25, -0.2) is 0 Å². The predicted octanol–water partition coefficient (Wildman–Crippen LogP) is 2.03. The topological polar surface area (TPSA) is 121 Å². The zero-order valence-electron chi connectivity index (χ0n) is 14.9. The minimum atomic E-state index is -0.733. The van der Waals surface area contributed by atoms with E-state index < -0.39 is 11.8 Å². The zero-order valence-corrected chi connectivity index (χ0v) is 14.9. The lowest BCUT2D eigenvalue weighted by molar-refractivity contribution is -0.113. The molecule has 8 heteroatoms. The molecule has 136 valence electrons. The van der Waals surface area contributed by atoms with E-state index >= 15 is 0 Å². The second kappa shape index (κ2) is 7.64. The number of benzene rings is 1. The van der Waals surface area contributed by atoms with Gasteiger partial charge in [-0.2, -0.15) is 5.10 Å². The van der Waals surface area contributed by atoms with E-state index in [-0.39, 0.29) is 23.2 Å². The molecule has 2 aromatic rings. The first-order chi connectivity index (χ1) is 12.3. The van der Waals surface area contributed by atoms with Gasteiger partial charge >= 0.3 is 0 Å². The number of carbonyl (C=O) groups excluding carboxylic acids is 3. The summed E-state index contributed by atoms with van der Waals surface area (Å²) in [6.45, 7) is 7.23. The van der Waals surface area contributed by atoms with Gasteiger partial charge in [-0.3, -0.25) is 19.5 Å². The number of hydrogen-bond acceptors (Lipinski definition) is 4. The van der Waals surface area contributed by atoms with Crippen molar-refractivity contribution in [2.24, 2.45) is 5.73 Å². The Balaban J connectivity index is 2.26. The lowest BCUT2D eigenvalue weighted by atomic mass is 10.1. The Morgan fingerprint density at radius 1 is 1.27 bits per heavy atom. The number of hydrogen-bond donors (Lipinski definition) is 3. The smallest absolute Gasteiger partial charge is 0.271 e. The van der Waals surface area contributed by atoms with Gasteiger partial charge in [0.2, 0.25) is 5.91 Å². The molecule has 1 aromatic carbocycles. The highest BCUT2D eigenvalue weighted by atomic mass is 16.2. The molecule has 3 amide bonds. The first kappa shape index (κ1) is 18.9. The Hall–Kier alpha value is -3.42. The summed E-state index contributed by atoms with van der Waals surface area (Å²) in [4.78, 5) is 37.1. The summed E-state index contributed by atoms with van der Waals surface area (Å²) >= 11 is 0. The number of aromatic nitrogens is 2. The number of likely N-dealkylation sites (N-methyl/N-ethyl adjacent to an activating group) is 1. The Morgan fingerprint density at radius 3 is 2.38 bits per heavy atom. The molecule has 0 saturated carbocycles. The van der Waals surface area contributed by atoms with Crippen molar-refractivity contribution >= 4 is 29.1 Å². The molecule has 0 aliphatic rings. The SMILES string of the molecule is C=CC(=O)N(C)c1ccc(C(=O)Nc2c(C(N)=O)n[nH]c2C(C)C)cc1. The quantitative estimate of drug-likeness (QED) is 0.686. The molecule has 0 unspecified atom stereocenters. The Labute approximate surface area is 151 Å². The van der Waals surface area contributed by atoms with Gasteiger partial charge in [0.15, 0.2) is 5.69 Å². The van der Waals surface area contributed by atoms with E-state index in [0.717, 1.165) is 0 Å². The van der Waals surface area contributed by atoms with E-state index in [1.54, 1.807) is 31.3 Å². The van der Waals surface area contributed by atoms with Crippen molar-refractivity contribution in [3.8, 4) is 0 Å². The van der Waals surface area contributed by atoms with Gasteiger partial charge in [-0.1, -0.05) is 20.4 Å². The standard InChI is InChI=1S/C18H21N5O3/c1-5-13(24)23(4)12-8-6-11(7-9-12)18(26)20-15-14(10(2)3)21-22-16(15)17(19)25/h5-10H,1H2,2-4H3,(H2,19,25)(H,20,26)(H,21,22). The highest BCUT2D eigenvalue weighted by Gasteiger charge is 2.21. The summed E-state index contributed by atoms with van der Waals surface area (Å²) < 4.78 is 0. The van der Waals surface area contributed by atoms with E-state index in [4.69, 9.17) is 5.73 Å². The number of nitrogens with two attached hydrogens (primary N) is 1. The van der Waals surface area contributed by atoms with Crippen LogP contribution < -0.4 is 16.0 Å².